The lowest BCUT2D eigenvalue weighted by Crippen LogP contribution is -2.76. The molecule has 2 heteroatoms. The SMILES string of the molecule is C1CC([N+](C2CCC2)(C2CCC2)C2CCC2)C1.[OH-]. The first-order valence-electron chi connectivity index (χ1n) is 8.30. The summed E-state index contributed by atoms with van der Waals surface area (Å²) in [6.45, 7) is 0. The Kier molecular flexibility index (Phi) is 3.44. The summed E-state index contributed by atoms with van der Waals surface area (Å²) in [4.78, 5) is 0. The molecule has 0 amide bonds. The summed E-state index contributed by atoms with van der Waals surface area (Å²) < 4.78 is 1.67. The second-order valence-corrected chi connectivity index (χ2v) is 7.23. The van der Waals surface area contributed by atoms with Crippen molar-refractivity contribution in [1.29, 1.82) is 0 Å². The average Bonchev–Trinajstić information content (AvgIpc) is 1.86. The van der Waals surface area contributed by atoms with E-state index in [0.717, 1.165) is 24.2 Å². The summed E-state index contributed by atoms with van der Waals surface area (Å²) in [5, 5.41) is 0. The third-order valence-corrected chi connectivity index (χ3v) is 6.83. The largest absolute Gasteiger partial charge is 0.870 e. The first-order valence-corrected chi connectivity index (χ1v) is 8.30. The monoisotopic (exact) mass is 251 g/mol. The number of hydrogen-bond acceptors (Lipinski definition) is 1. The highest BCUT2D eigenvalue weighted by Gasteiger charge is 2.59. The molecule has 4 aliphatic carbocycles. The highest BCUT2D eigenvalue weighted by Crippen LogP contribution is 2.52. The van der Waals surface area contributed by atoms with Gasteiger partial charge in [-0.25, -0.2) is 0 Å². The van der Waals surface area contributed by atoms with Gasteiger partial charge in [-0.2, -0.15) is 0 Å². The van der Waals surface area contributed by atoms with Crippen LogP contribution in [0, 0.1) is 0 Å². The molecule has 0 unspecified atom stereocenters. The zero-order valence-corrected chi connectivity index (χ0v) is 11.7. The van der Waals surface area contributed by atoms with Gasteiger partial charge in [0.1, 0.15) is 0 Å². The van der Waals surface area contributed by atoms with E-state index in [4.69, 9.17) is 0 Å². The van der Waals surface area contributed by atoms with Crippen LogP contribution in [0.2, 0.25) is 0 Å². The van der Waals surface area contributed by atoms with E-state index in [9.17, 15) is 0 Å². The smallest absolute Gasteiger partial charge is 0.0896 e. The molecule has 0 aromatic rings. The number of hydrogen-bond donors (Lipinski definition) is 0. The molecule has 1 N–H and O–H groups in total. The van der Waals surface area contributed by atoms with Crippen LogP contribution in [0.4, 0.5) is 0 Å². The molecule has 0 saturated heterocycles. The molecule has 0 aromatic heterocycles. The van der Waals surface area contributed by atoms with Gasteiger partial charge >= 0.3 is 0 Å². The van der Waals surface area contributed by atoms with Crippen molar-refractivity contribution in [2.75, 3.05) is 0 Å². The molecule has 0 radical (unpaired) electrons. The van der Waals surface area contributed by atoms with E-state index in [2.05, 4.69) is 0 Å². The van der Waals surface area contributed by atoms with Gasteiger partial charge in [0, 0.05) is 0 Å². The van der Waals surface area contributed by atoms with E-state index < -0.39 is 0 Å². The number of nitrogens with zero attached hydrogens (tertiary/aromatic N) is 1. The summed E-state index contributed by atoms with van der Waals surface area (Å²) in [5.74, 6) is 0. The maximum absolute atomic E-state index is 1.67. The lowest BCUT2D eigenvalue weighted by atomic mass is 9.70. The van der Waals surface area contributed by atoms with Gasteiger partial charge in [0.25, 0.3) is 0 Å². The molecule has 0 heterocycles. The van der Waals surface area contributed by atoms with E-state index in [-0.39, 0.29) is 5.48 Å². The molecule has 0 bridgehead atoms. The summed E-state index contributed by atoms with van der Waals surface area (Å²) in [6, 6.07) is 4.43. The lowest BCUT2D eigenvalue weighted by Gasteiger charge is -2.66. The molecule has 0 spiro atoms. The normalized spacial score (nSPS) is 30.7. The van der Waals surface area contributed by atoms with Crippen molar-refractivity contribution < 1.29 is 9.96 Å². The van der Waals surface area contributed by atoms with Crippen LogP contribution in [-0.4, -0.2) is 34.1 Å². The first kappa shape index (κ1) is 12.9. The summed E-state index contributed by atoms with van der Waals surface area (Å²) >= 11 is 0. The van der Waals surface area contributed by atoms with Gasteiger partial charge in [-0.15, -0.1) is 0 Å². The fourth-order valence-electron chi connectivity index (χ4n) is 5.12. The molecule has 4 rings (SSSR count). The molecule has 104 valence electrons. The molecule has 4 fully saturated rings. The Morgan fingerprint density at radius 3 is 0.778 bits per heavy atom. The van der Waals surface area contributed by atoms with Gasteiger partial charge in [-0.3, -0.25) is 0 Å². The van der Waals surface area contributed by atoms with Crippen LogP contribution < -0.4 is 0 Å². The Morgan fingerprint density at radius 2 is 0.667 bits per heavy atom. The molecule has 4 saturated carbocycles. The molecule has 4 aliphatic rings. The predicted octanol–water partition coefficient (Wildman–Crippen LogP) is 3.84. The Balaban J connectivity index is 0.000001000. The second-order valence-electron chi connectivity index (χ2n) is 7.23. The Bertz CT molecular complexity index is 226. The Hall–Kier alpha value is -0.0800. The van der Waals surface area contributed by atoms with Crippen LogP contribution in [0.15, 0.2) is 0 Å². The minimum absolute atomic E-state index is 0. The quantitative estimate of drug-likeness (QED) is 0.698. The molecule has 18 heavy (non-hydrogen) atoms. The minimum atomic E-state index is 0. The topological polar surface area (TPSA) is 30.0 Å². The second kappa shape index (κ2) is 4.79. The van der Waals surface area contributed by atoms with Gasteiger partial charge in [0.05, 0.1) is 24.2 Å². The molecular weight excluding hydrogens is 222 g/mol. The maximum Gasteiger partial charge on any atom is 0.0896 e. The van der Waals surface area contributed by atoms with Gasteiger partial charge in [0.15, 0.2) is 0 Å². The van der Waals surface area contributed by atoms with E-state index >= 15 is 0 Å². The van der Waals surface area contributed by atoms with Crippen molar-refractivity contribution >= 4 is 0 Å². The average molecular weight is 251 g/mol. The minimum Gasteiger partial charge on any atom is -0.870 e. The lowest BCUT2D eigenvalue weighted by molar-refractivity contribution is -1.03. The number of rotatable bonds is 4. The van der Waals surface area contributed by atoms with Crippen molar-refractivity contribution in [3.05, 3.63) is 0 Å². The van der Waals surface area contributed by atoms with Crippen LogP contribution in [0.1, 0.15) is 77.0 Å². The van der Waals surface area contributed by atoms with E-state index in [1.165, 1.54) is 25.7 Å². The maximum atomic E-state index is 1.67. The van der Waals surface area contributed by atoms with Crippen molar-refractivity contribution in [1.82, 2.24) is 0 Å². The van der Waals surface area contributed by atoms with Crippen LogP contribution in [-0.2, 0) is 0 Å². The molecule has 0 aromatic carbocycles. The highest BCUT2D eigenvalue weighted by atomic mass is 16.0. The summed E-state index contributed by atoms with van der Waals surface area (Å²) in [5.41, 5.74) is 0. The van der Waals surface area contributed by atoms with Gasteiger partial charge in [-0.1, -0.05) is 0 Å². The zero-order valence-electron chi connectivity index (χ0n) is 11.7. The third-order valence-electron chi connectivity index (χ3n) is 6.83. The fraction of sp³-hybridized carbons (Fsp3) is 1.00. The van der Waals surface area contributed by atoms with Gasteiger partial charge in [0.2, 0.25) is 0 Å². The first-order chi connectivity index (χ1) is 8.42. The van der Waals surface area contributed by atoms with E-state index in [1.54, 1.807) is 55.8 Å². The van der Waals surface area contributed by atoms with Crippen LogP contribution >= 0.6 is 0 Å². The summed E-state index contributed by atoms with van der Waals surface area (Å²) in [7, 11) is 0. The Labute approximate surface area is 112 Å². The Morgan fingerprint density at radius 1 is 0.444 bits per heavy atom. The van der Waals surface area contributed by atoms with E-state index in [1.807, 2.05) is 0 Å². The van der Waals surface area contributed by atoms with Crippen molar-refractivity contribution in [2.24, 2.45) is 0 Å². The fourth-order valence-corrected chi connectivity index (χ4v) is 5.12. The van der Waals surface area contributed by atoms with Crippen molar-refractivity contribution in [3.8, 4) is 0 Å². The van der Waals surface area contributed by atoms with Crippen LogP contribution in [0.5, 0.6) is 0 Å². The summed E-state index contributed by atoms with van der Waals surface area (Å²) in [6.07, 6.45) is 18.7. The van der Waals surface area contributed by atoms with Crippen molar-refractivity contribution in [2.45, 2.75) is 101 Å². The molecule has 2 nitrogen and oxygen atoms in total. The predicted molar refractivity (Wildman–Crippen MR) is 72.8 cm³/mol. The third kappa shape index (κ3) is 1.54. The molecule has 0 atom stereocenters. The standard InChI is InChI=1S/C16H28N.H2O/c1-5-13(6-1)17(14-7-2-8-14,15-9-3-10-15)16-11-4-12-16;/h13-16H,1-12H2;1H2/q+1;/p-1. The van der Waals surface area contributed by atoms with Gasteiger partial charge < -0.3 is 9.96 Å². The molecular formula is C16H29NO. The van der Waals surface area contributed by atoms with E-state index in [0.29, 0.717) is 0 Å². The van der Waals surface area contributed by atoms with Gasteiger partial charge in [-0.05, 0) is 77.0 Å². The van der Waals surface area contributed by atoms with Crippen LogP contribution in [0.3, 0.4) is 0 Å². The highest BCUT2D eigenvalue weighted by molar-refractivity contribution is 4.90. The molecule has 0 aliphatic heterocycles. The van der Waals surface area contributed by atoms with Crippen LogP contribution in [0.25, 0.3) is 0 Å². The number of quaternary nitrogens is 1. The van der Waals surface area contributed by atoms with Crippen molar-refractivity contribution in [3.63, 3.8) is 0 Å². The zero-order chi connectivity index (χ0) is 11.3.